The van der Waals surface area contributed by atoms with Crippen LogP contribution in [0.3, 0.4) is 0 Å². The number of para-hydroxylation sites is 1. The van der Waals surface area contributed by atoms with Crippen LogP contribution in [0.5, 0.6) is 0 Å². The number of likely N-dealkylation sites (N-methyl/N-ethyl adjacent to an activating group) is 1. The van der Waals surface area contributed by atoms with E-state index in [1.165, 1.54) is 11.3 Å². The highest BCUT2D eigenvalue weighted by Crippen LogP contribution is 2.25. The molecule has 1 aliphatic rings. The van der Waals surface area contributed by atoms with Crippen molar-refractivity contribution in [3.63, 3.8) is 0 Å². The number of fused-ring (bicyclic) bond motifs is 1. The summed E-state index contributed by atoms with van der Waals surface area (Å²) in [6.07, 6.45) is 0. The summed E-state index contributed by atoms with van der Waals surface area (Å²) in [6, 6.07) is 7.82. The van der Waals surface area contributed by atoms with Crippen LogP contribution in [-0.2, 0) is 4.79 Å². The number of hydrogen-bond acceptors (Lipinski definition) is 5. The Morgan fingerprint density at radius 2 is 2.05 bits per heavy atom. The van der Waals surface area contributed by atoms with Crippen molar-refractivity contribution in [1.82, 2.24) is 14.8 Å². The summed E-state index contributed by atoms with van der Waals surface area (Å²) in [4.78, 5) is 21.6. The summed E-state index contributed by atoms with van der Waals surface area (Å²) < 4.78 is 1.10. The van der Waals surface area contributed by atoms with Crippen molar-refractivity contribution in [2.45, 2.75) is 19.9 Å². The molecule has 6 heteroatoms. The third-order valence-electron chi connectivity index (χ3n) is 4.31. The van der Waals surface area contributed by atoms with Gasteiger partial charge in [0, 0.05) is 26.2 Å². The van der Waals surface area contributed by atoms with Crippen molar-refractivity contribution in [1.29, 1.82) is 0 Å². The number of piperazine rings is 1. The second-order valence-electron chi connectivity index (χ2n) is 5.62. The summed E-state index contributed by atoms with van der Waals surface area (Å²) in [6.45, 7) is 9.21. The monoisotopic (exact) mass is 318 g/mol. The van der Waals surface area contributed by atoms with Gasteiger partial charge in [0.1, 0.15) is 0 Å². The molecule has 3 rings (SSSR count). The van der Waals surface area contributed by atoms with Gasteiger partial charge in [0.05, 0.1) is 16.3 Å². The number of carbonyl (C=O) groups is 1. The number of aromatic nitrogens is 1. The lowest BCUT2D eigenvalue weighted by Gasteiger charge is -2.36. The van der Waals surface area contributed by atoms with Gasteiger partial charge in [0.15, 0.2) is 5.13 Å². The van der Waals surface area contributed by atoms with Crippen LogP contribution in [0.2, 0.25) is 0 Å². The Kier molecular flexibility index (Phi) is 4.71. The second kappa shape index (κ2) is 6.73. The summed E-state index contributed by atoms with van der Waals surface area (Å²) in [5.41, 5.74) is 0.937. The largest absolute Gasteiger partial charge is 0.301 e. The average Bonchev–Trinajstić information content (AvgIpc) is 2.96. The Hall–Kier alpha value is -1.50. The molecule has 0 radical (unpaired) electrons. The zero-order valence-corrected chi connectivity index (χ0v) is 13.9. The molecule has 1 aromatic heterocycles. The van der Waals surface area contributed by atoms with Crippen LogP contribution in [0.1, 0.15) is 13.8 Å². The molecule has 0 bridgehead atoms. The summed E-state index contributed by atoms with van der Waals surface area (Å²) >= 11 is 1.52. The molecular weight excluding hydrogens is 296 g/mol. The van der Waals surface area contributed by atoms with Crippen molar-refractivity contribution in [3.8, 4) is 0 Å². The normalized spacial score (nSPS) is 18.5. The molecule has 1 fully saturated rings. The first-order valence-electron chi connectivity index (χ1n) is 7.80. The highest BCUT2D eigenvalue weighted by molar-refractivity contribution is 7.22. The predicted molar refractivity (Wildman–Crippen MR) is 91.4 cm³/mol. The molecule has 118 valence electrons. The Morgan fingerprint density at radius 1 is 1.32 bits per heavy atom. The van der Waals surface area contributed by atoms with Crippen LogP contribution in [-0.4, -0.2) is 59.5 Å². The fourth-order valence-electron chi connectivity index (χ4n) is 2.77. The van der Waals surface area contributed by atoms with E-state index in [0.717, 1.165) is 42.9 Å². The van der Waals surface area contributed by atoms with E-state index in [2.05, 4.69) is 27.0 Å². The van der Waals surface area contributed by atoms with Crippen molar-refractivity contribution >= 4 is 32.6 Å². The number of benzene rings is 1. The zero-order valence-electron chi connectivity index (χ0n) is 13.1. The standard InChI is InChI=1S/C16H22N4OS/c1-3-19-8-10-20(11-9-19)12(2)15(21)18-16-17-13-6-4-5-7-14(13)22-16/h4-7,12H,3,8-11H2,1-2H3,(H,17,18,21). The molecule has 5 nitrogen and oxygen atoms in total. The minimum atomic E-state index is -0.119. The first kappa shape index (κ1) is 15.4. The van der Waals surface area contributed by atoms with Crippen LogP contribution in [0, 0.1) is 0 Å². The molecule has 1 saturated heterocycles. The van der Waals surface area contributed by atoms with Crippen molar-refractivity contribution in [2.24, 2.45) is 0 Å². The first-order chi connectivity index (χ1) is 10.7. The van der Waals surface area contributed by atoms with E-state index in [0.29, 0.717) is 5.13 Å². The quantitative estimate of drug-likeness (QED) is 0.939. The lowest BCUT2D eigenvalue weighted by molar-refractivity contribution is -0.121. The zero-order chi connectivity index (χ0) is 15.5. The number of nitrogens with zero attached hydrogens (tertiary/aromatic N) is 3. The van der Waals surface area contributed by atoms with Crippen molar-refractivity contribution < 1.29 is 4.79 Å². The van der Waals surface area contributed by atoms with Gasteiger partial charge < -0.3 is 10.2 Å². The van der Waals surface area contributed by atoms with Gasteiger partial charge in [-0.05, 0) is 25.6 Å². The lowest BCUT2D eigenvalue weighted by Crippen LogP contribution is -2.52. The molecule has 1 unspecified atom stereocenters. The maximum Gasteiger partial charge on any atom is 0.243 e. The van der Waals surface area contributed by atoms with Crippen LogP contribution in [0.15, 0.2) is 24.3 Å². The molecule has 22 heavy (non-hydrogen) atoms. The van der Waals surface area contributed by atoms with E-state index in [9.17, 15) is 4.79 Å². The molecule has 1 N–H and O–H groups in total. The topological polar surface area (TPSA) is 48.5 Å². The lowest BCUT2D eigenvalue weighted by atomic mass is 10.2. The van der Waals surface area contributed by atoms with E-state index in [1.54, 1.807) is 0 Å². The number of rotatable bonds is 4. The predicted octanol–water partition coefficient (Wildman–Crippen LogP) is 2.26. The Bertz CT molecular complexity index is 615. The van der Waals surface area contributed by atoms with Crippen LogP contribution in [0.4, 0.5) is 5.13 Å². The van der Waals surface area contributed by atoms with E-state index in [4.69, 9.17) is 0 Å². The number of amides is 1. The number of thiazole rings is 1. The van der Waals surface area contributed by atoms with Gasteiger partial charge >= 0.3 is 0 Å². The third-order valence-corrected chi connectivity index (χ3v) is 5.26. The van der Waals surface area contributed by atoms with Crippen molar-refractivity contribution in [2.75, 3.05) is 38.0 Å². The van der Waals surface area contributed by atoms with Gasteiger partial charge in [-0.25, -0.2) is 4.98 Å². The Balaban J connectivity index is 1.61. The average molecular weight is 318 g/mol. The van der Waals surface area contributed by atoms with Gasteiger partial charge in [-0.15, -0.1) is 0 Å². The number of carbonyl (C=O) groups excluding carboxylic acids is 1. The molecule has 1 aliphatic heterocycles. The van der Waals surface area contributed by atoms with Gasteiger partial charge in [0.2, 0.25) is 5.91 Å². The van der Waals surface area contributed by atoms with Crippen LogP contribution in [0.25, 0.3) is 10.2 Å². The fourth-order valence-corrected chi connectivity index (χ4v) is 3.64. The van der Waals surface area contributed by atoms with Gasteiger partial charge in [-0.1, -0.05) is 30.4 Å². The van der Waals surface area contributed by atoms with E-state index < -0.39 is 0 Å². The van der Waals surface area contributed by atoms with E-state index in [1.807, 2.05) is 31.2 Å². The summed E-state index contributed by atoms with van der Waals surface area (Å²) in [7, 11) is 0. The Morgan fingerprint density at radius 3 is 2.73 bits per heavy atom. The molecule has 2 heterocycles. The molecule has 0 spiro atoms. The van der Waals surface area contributed by atoms with E-state index >= 15 is 0 Å². The van der Waals surface area contributed by atoms with E-state index in [-0.39, 0.29) is 11.9 Å². The third kappa shape index (κ3) is 3.29. The maximum atomic E-state index is 12.4. The van der Waals surface area contributed by atoms with Gasteiger partial charge in [-0.2, -0.15) is 0 Å². The summed E-state index contributed by atoms with van der Waals surface area (Å²) in [5.74, 6) is 0.0315. The summed E-state index contributed by atoms with van der Waals surface area (Å²) in [5, 5.41) is 3.65. The highest BCUT2D eigenvalue weighted by atomic mass is 32.1. The molecule has 1 aromatic carbocycles. The maximum absolute atomic E-state index is 12.4. The molecular formula is C16H22N4OS. The number of hydrogen-bond donors (Lipinski definition) is 1. The van der Waals surface area contributed by atoms with Gasteiger partial charge in [0.25, 0.3) is 0 Å². The molecule has 0 saturated carbocycles. The van der Waals surface area contributed by atoms with Crippen LogP contribution < -0.4 is 5.32 Å². The Labute approximate surface area is 134 Å². The van der Waals surface area contributed by atoms with Crippen LogP contribution >= 0.6 is 11.3 Å². The molecule has 2 aromatic rings. The second-order valence-corrected chi connectivity index (χ2v) is 6.65. The molecule has 1 atom stereocenters. The highest BCUT2D eigenvalue weighted by Gasteiger charge is 2.25. The smallest absolute Gasteiger partial charge is 0.243 e. The fraction of sp³-hybridized carbons (Fsp3) is 0.500. The first-order valence-corrected chi connectivity index (χ1v) is 8.62. The van der Waals surface area contributed by atoms with Gasteiger partial charge in [-0.3, -0.25) is 9.69 Å². The molecule has 1 amide bonds. The molecule has 0 aliphatic carbocycles. The van der Waals surface area contributed by atoms with Crippen molar-refractivity contribution in [3.05, 3.63) is 24.3 Å². The number of anilines is 1. The SMILES string of the molecule is CCN1CCN(C(C)C(=O)Nc2nc3ccccc3s2)CC1. The minimum Gasteiger partial charge on any atom is -0.301 e. The minimum absolute atomic E-state index is 0.0315. The number of nitrogens with one attached hydrogen (secondary N) is 1.